The molecule has 5 aromatic rings. The topological polar surface area (TPSA) is 113 Å². The van der Waals surface area contributed by atoms with Crippen molar-refractivity contribution in [2.45, 2.75) is 0 Å². The third-order valence-electron chi connectivity index (χ3n) is 6.17. The standard InChI is InChI=1S/C25H22N8O2/c1-32-6-8-33(9-7-32)23-19-14-27-20(18-11-21-25(28-13-18)35-15-29-21)10-17(19)12-22(30-23)31-24(34)16-2-4-26-5-3-16/h2-5,10-15H,6-9H2,1H3,(H,30,31,34). The fourth-order valence-electron chi connectivity index (χ4n) is 4.20. The number of piperazine rings is 1. The summed E-state index contributed by atoms with van der Waals surface area (Å²) in [5.74, 6) is 1.05. The number of anilines is 2. The molecule has 0 aromatic carbocycles. The van der Waals surface area contributed by atoms with Gasteiger partial charge in [-0.1, -0.05) is 0 Å². The number of fused-ring (bicyclic) bond motifs is 2. The molecule has 1 fully saturated rings. The van der Waals surface area contributed by atoms with Gasteiger partial charge in [-0.15, -0.1) is 0 Å². The van der Waals surface area contributed by atoms with Gasteiger partial charge in [-0.2, -0.15) is 0 Å². The lowest BCUT2D eigenvalue weighted by molar-refractivity contribution is 0.102. The molecule has 1 aliphatic heterocycles. The van der Waals surface area contributed by atoms with E-state index in [2.05, 4.69) is 37.1 Å². The van der Waals surface area contributed by atoms with E-state index in [9.17, 15) is 4.79 Å². The summed E-state index contributed by atoms with van der Waals surface area (Å²) in [7, 11) is 2.11. The molecule has 0 radical (unpaired) electrons. The Kier molecular flexibility index (Phi) is 5.27. The number of likely N-dealkylation sites (N-methyl/N-ethyl adjacent to an activating group) is 1. The minimum absolute atomic E-state index is 0.237. The number of hydrogen-bond acceptors (Lipinski definition) is 9. The first-order valence-corrected chi connectivity index (χ1v) is 11.3. The molecule has 0 spiro atoms. The molecule has 6 heterocycles. The second-order valence-corrected chi connectivity index (χ2v) is 8.50. The van der Waals surface area contributed by atoms with Gasteiger partial charge in [0, 0.05) is 67.5 Å². The highest BCUT2D eigenvalue weighted by Gasteiger charge is 2.20. The number of aromatic nitrogens is 5. The minimum atomic E-state index is -0.237. The lowest BCUT2D eigenvalue weighted by atomic mass is 10.1. The first kappa shape index (κ1) is 21.1. The Hall–Kier alpha value is -4.44. The highest BCUT2D eigenvalue weighted by molar-refractivity contribution is 6.05. The summed E-state index contributed by atoms with van der Waals surface area (Å²) >= 11 is 0. The predicted molar refractivity (Wildman–Crippen MR) is 132 cm³/mol. The van der Waals surface area contributed by atoms with E-state index in [0.29, 0.717) is 22.6 Å². The van der Waals surface area contributed by atoms with Crippen molar-refractivity contribution in [3.63, 3.8) is 0 Å². The Balaban J connectivity index is 1.43. The quantitative estimate of drug-likeness (QED) is 0.426. The van der Waals surface area contributed by atoms with Crippen LogP contribution in [0.25, 0.3) is 33.3 Å². The van der Waals surface area contributed by atoms with E-state index in [1.165, 1.54) is 6.39 Å². The van der Waals surface area contributed by atoms with Gasteiger partial charge in [0.2, 0.25) is 5.71 Å². The van der Waals surface area contributed by atoms with Crippen LogP contribution in [0.3, 0.4) is 0 Å². The molecule has 35 heavy (non-hydrogen) atoms. The average molecular weight is 467 g/mol. The SMILES string of the molecule is CN1CCN(c2nc(NC(=O)c3ccncc3)cc3cc(-c4cnc5ocnc5c4)ncc23)CC1. The van der Waals surface area contributed by atoms with E-state index < -0.39 is 0 Å². The lowest BCUT2D eigenvalue weighted by Gasteiger charge is -2.34. The van der Waals surface area contributed by atoms with Gasteiger partial charge in [-0.05, 0) is 42.8 Å². The Morgan fingerprint density at radius 1 is 1.00 bits per heavy atom. The van der Waals surface area contributed by atoms with Crippen LogP contribution in [0.2, 0.25) is 0 Å². The average Bonchev–Trinajstić information content (AvgIpc) is 3.37. The smallest absolute Gasteiger partial charge is 0.256 e. The number of pyridine rings is 4. The Bertz CT molecular complexity index is 1530. The molecule has 1 N–H and O–H groups in total. The number of nitrogens with one attached hydrogen (secondary N) is 1. The van der Waals surface area contributed by atoms with Crippen LogP contribution in [0, 0.1) is 0 Å². The summed E-state index contributed by atoms with van der Waals surface area (Å²) in [6, 6.07) is 9.11. The molecule has 0 unspecified atom stereocenters. The van der Waals surface area contributed by atoms with Crippen LogP contribution >= 0.6 is 0 Å². The zero-order chi connectivity index (χ0) is 23.8. The molecule has 0 bridgehead atoms. The number of carbonyl (C=O) groups is 1. The van der Waals surface area contributed by atoms with Gasteiger partial charge in [-0.25, -0.2) is 15.0 Å². The number of carbonyl (C=O) groups excluding carboxylic acids is 1. The van der Waals surface area contributed by atoms with Crippen molar-refractivity contribution in [2.75, 3.05) is 43.4 Å². The van der Waals surface area contributed by atoms with Crippen molar-refractivity contribution in [2.24, 2.45) is 0 Å². The largest absolute Gasteiger partial charge is 0.425 e. The van der Waals surface area contributed by atoms with Crippen molar-refractivity contribution in [1.29, 1.82) is 0 Å². The number of nitrogens with zero attached hydrogens (tertiary/aromatic N) is 7. The fraction of sp³-hybridized carbons (Fsp3) is 0.200. The highest BCUT2D eigenvalue weighted by Crippen LogP contribution is 2.31. The van der Waals surface area contributed by atoms with Crippen LogP contribution < -0.4 is 10.2 Å². The summed E-state index contributed by atoms with van der Waals surface area (Å²) in [6.07, 6.45) is 8.12. The summed E-state index contributed by atoms with van der Waals surface area (Å²) in [5.41, 5.74) is 3.25. The number of oxazole rings is 1. The molecule has 1 saturated heterocycles. The van der Waals surface area contributed by atoms with Crippen molar-refractivity contribution >= 4 is 39.5 Å². The van der Waals surface area contributed by atoms with Crippen molar-refractivity contribution in [3.05, 3.63) is 67.1 Å². The van der Waals surface area contributed by atoms with Gasteiger partial charge in [0.1, 0.15) is 17.2 Å². The number of amides is 1. The zero-order valence-electron chi connectivity index (χ0n) is 19.0. The molecule has 0 saturated carbocycles. The van der Waals surface area contributed by atoms with E-state index in [1.54, 1.807) is 30.7 Å². The van der Waals surface area contributed by atoms with Gasteiger partial charge < -0.3 is 19.5 Å². The normalized spacial score (nSPS) is 14.5. The van der Waals surface area contributed by atoms with Crippen molar-refractivity contribution in [3.8, 4) is 11.3 Å². The van der Waals surface area contributed by atoms with Gasteiger partial charge in [-0.3, -0.25) is 14.8 Å². The van der Waals surface area contributed by atoms with Crippen LogP contribution in [0.5, 0.6) is 0 Å². The third-order valence-corrected chi connectivity index (χ3v) is 6.17. The second kappa shape index (κ2) is 8.73. The Labute approximate surface area is 200 Å². The molecule has 10 heteroatoms. The molecule has 0 atom stereocenters. The third kappa shape index (κ3) is 4.15. The summed E-state index contributed by atoms with van der Waals surface area (Å²) in [5, 5.41) is 4.80. The summed E-state index contributed by atoms with van der Waals surface area (Å²) in [6.45, 7) is 3.56. The second-order valence-electron chi connectivity index (χ2n) is 8.50. The molecule has 5 aromatic heterocycles. The van der Waals surface area contributed by atoms with Crippen molar-refractivity contribution in [1.82, 2.24) is 29.8 Å². The van der Waals surface area contributed by atoms with Gasteiger partial charge in [0.05, 0.1) is 5.69 Å². The first-order valence-electron chi connectivity index (χ1n) is 11.3. The number of hydrogen-bond donors (Lipinski definition) is 1. The van der Waals surface area contributed by atoms with E-state index in [4.69, 9.17) is 14.4 Å². The van der Waals surface area contributed by atoms with Gasteiger partial charge >= 0.3 is 0 Å². The molecule has 1 amide bonds. The molecule has 0 aliphatic carbocycles. The Morgan fingerprint density at radius 3 is 2.66 bits per heavy atom. The first-order chi connectivity index (χ1) is 17.1. The number of rotatable bonds is 4. The van der Waals surface area contributed by atoms with Crippen LogP contribution in [0.1, 0.15) is 10.4 Å². The van der Waals surface area contributed by atoms with E-state index in [0.717, 1.165) is 54.0 Å². The van der Waals surface area contributed by atoms with Crippen LogP contribution in [0.4, 0.5) is 11.6 Å². The zero-order valence-corrected chi connectivity index (χ0v) is 19.0. The summed E-state index contributed by atoms with van der Waals surface area (Å²) < 4.78 is 5.25. The van der Waals surface area contributed by atoms with E-state index in [-0.39, 0.29) is 5.91 Å². The van der Waals surface area contributed by atoms with Crippen molar-refractivity contribution < 1.29 is 9.21 Å². The maximum absolute atomic E-state index is 12.8. The monoisotopic (exact) mass is 466 g/mol. The molecule has 1 aliphatic rings. The Morgan fingerprint density at radius 2 is 1.83 bits per heavy atom. The predicted octanol–water partition coefficient (Wildman–Crippen LogP) is 3.23. The van der Waals surface area contributed by atoms with E-state index in [1.807, 2.05) is 24.4 Å². The molecule has 6 rings (SSSR count). The van der Waals surface area contributed by atoms with Crippen LogP contribution in [-0.2, 0) is 0 Å². The molecule has 174 valence electrons. The maximum atomic E-state index is 12.8. The van der Waals surface area contributed by atoms with E-state index >= 15 is 0 Å². The summed E-state index contributed by atoms with van der Waals surface area (Å²) in [4.78, 5) is 39.4. The molecule has 10 nitrogen and oxygen atoms in total. The lowest BCUT2D eigenvalue weighted by Crippen LogP contribution is -2.45. The molecular formula is C25H22N8O2. The minimum Gasteiger partial charge on any atom is -0.425 e. The van der Waals surface area contributed by atoms with Crippen LogP contribution in [-0.4, -0.2) is 69.0 Å². The maximum Gasteiger partial charge on any atom is 0.256 e. The fourth-order valence-corrected chi connectivity index (χ4v) is 4.20. The van der Waals surface area contributed by atoms with Crippen LogP contribution in [0.15, 0.2) is 65.9 Å². The van der Waals surface area contributed by atoms with Gasteiger partial charge in [0.15, 0.2) is 6.39 Å². The highest BCUT2D eigenvalue weighted by atomic mass is 16.3. The molecular weight excluding hydrogens is 444 g/mol. The van der Waals surface area contributed by atoms with Gasteiger partial charge in [0.25, 0.3) is 5.91 Å².